The van der Waals surface area contributed by atoms with Gasteiger partial charge in [-0.25, -0.2) is 9.59 Å². The Morgan fingerprint density at radius 1 is 0.408 bits per heavy atom. The van der Waals surface area contributed by atoms with Crippen LogP contribution in [0.5, 0.6) is 0 Å². The van der Waals surface area contributed by atoms with Crippen LogP contribution in [0.3, 0.4) is 0 Å². The van der Waals surface area contributed by atoms with Crippen LogP contribution in [-0.2, 0) is 24.0 Å². The number of carbonyl (C=O) groups is 5. The van der Waals surface area contributed by atoms with Gasteiger partial charge in [0.2, 0.25) is 0 Å². The summed E-state index contributed by atoms with van der Waals surface area (Å²) in [5, 5.41) is 91.3. The third-order valence-corrected chi connectivity index (χ3v) is 7.17. The molecule has 0 aromatic heterocycles. The quantitative estimate of drug-likeness (QED) is 0.0519. The maximum atomic E-state index is 10.3. The zero-order valence-corrected chi connectivity index (χ0v) is 29.1. The van der Waals surface area contributed by atoms with Gasteiger partial charge in [0.1, 0.15) is 0 Å². The van der Waals surface area contributed by atoms with Crippen LogP contribution in [0.15, 0.2) is 0 Å². The van der Waals surface area contributed by atoms with Crippen LogP contribution in [0.4, 0.5) is 0 Å². The van der Waals surface area contributed by atoms with E-state index in [0.29, 0.717) is 19.3 Å². The molecule has 0 aliphatic rings. The van der Waals surface area contributed by atoms with Gasteiger partial charge >= 0.3 is 29.8 Å². The van der Waals surface area contributed by atoms with Crippen molar-refractivity contribution in [2.45, 2.75) is 148 Å². The minimum absolute atomic E-state index is 0.0628. The number of carboxylic acids is 5. The average molecular weight is 717 g/mol. The number of unbranched alkanes of at least 4 members (excludes halogenated alkanes) is 15. The second-order valence-electron chi connectivity index (χ2n) is 11.8. The lowest BCUT2D eigenvalue weighted by Crippen LogP contribution is -2.39. The van der Waals surface area contributed by atoms with Crippen LogP contribution in [0.25, 0.3) is 0 Å². The number of hydrogen-bond donors (Lipinski definition) is 11. The molecule has 0 amide bonds. The van der Waals surface area contributed by atoms with E-state index in [2.05, 4.69) is 6.92 Å². The van der Waals surface area contributed by atoms with Crippen LogP contribution in [0.2, 0.25) is 0 Å². The van der Waals surface area contributed by atoms with E-state index in [-0.39, 0.29) is 12.8 Å². The van der Waals surface area contributed by atoms with E-state index in [0.717, 1.165) is 12.8 Å². The average Bonchev–Trinajstić information content (AvgIpc) is 3.06. The molecule has 0 spiro atoms. The predicted octanol–water partition coefficient (Wildman–Crippen LogP) is 2.87. The van der Waals surface area contributed by atoms with Crippen LogP contribution in [0, 0.1) is 5.41 Å². The van der Waals surface area contributed by atoms with E-state index in [1.165, 1.54) is 83.5 Å². The first-order chi connectivity index (χ1) is 23.1. The molecule has 16 nitrogen and oxygen atoms in total. The van der Waals surface area contributed by atoms with Crippen molar-refractivity contribution in [1.29, 1.82) is 0 Å². The lowest BCUT2D eigenvalue weighted by atomic mass is 9.93. The van der Waals surface area contributed by atoms with Crippen molar-refractivity contribution < 1.29 is 80.1 Å². The van der Waals surface area contributed by atoms with E-state index in [9.17, 15) is 24.0 Å². The van der Waals surface area contributed by atoms with Crippen molar-refractivity contribution in [2.24, 2.45) is 5.41 Å². The molecule has 2 unspecified atom stereocenters. The highest BCUT2D eigenvalue weighted by Gasteiger charge is 2.29. The van der Waals surface area contributed by atoms with E-state index in [1.54, 1.807) is 0 Å². The van der Waals surface area contributed by atoms with Crippen molar-refractivity contribution >= 4 is 29.8 Å². The molecular formula is C33H64O16. The summed E-state index contributed by atoms with van der Waals surface area (Å²) < 4.78 is 0. The molecule has 0 radical (unpaired) electrons. The smallest absolute Gasteiger partial charge is 0.335 e. The fourth-order valence-corrected chi connectivity index (χ4v) is 3.77. The number of aliphatic hydroxyl groups is 6. The summed E-state index contributed by atoms with van der Waals surface area (Å²) in [6, 6.07) is 0. The Balaban J connectivity index is -0.000000296. The Morgan fingerprint density at radius 3 is 0.776 bits per heavy atom. The first kappa shape index (κ1) is 52.9. The van der Waals surface area contributed by atoms with Crippen molar-refractivity contribution in [1.82, 2.24) is 0 Å². The molecule has 292 valence electrons. The maximum Gasteiger partial charge on any atom is 0.335 e. The third-order valence-electron chi connectivity index (χ3n) is 7.17. The molecular weight excluding hydrogens is 652 g/mol. The molecule has 0 rings (SSSR count). The summed E-state index contributed by atoms with van der Waals surface area (Å²) in [6.45, 7) is 0.645. The molecule has 0 fully saturated rings. The Labute approximate surface area is 289 Å². The molecule has 0 aliphatic carbocycles. The third kappa shape index (κ3) is 41.2. The van der Waals surface area contributed by atoms with Gasteiger partial charge in [0.25, 0.3) is 0 Å². The van der Waals surface area contributed by atoms with Gasteiger partial charge in [0.05, 0.1) is 31.8 Å². The van der Waals surface area contributed by atoms with E-state index in [1.807, 2.05) is 0 Å². The molecule has 0 bridgehead atoms. The topological polar surface area (TPSA) is 308 Å². The zero-order chi connectivity index (χ0) is 38.5. The summed E-state index contributed by atoms with van der Waals surface area (Å²) in [7, 11) is 0. The van der Waals surface area contributed by atoms with Crippen LogP contribution in [-0.4, -0.2) is 125 Å². The highest BCUT2D eigenvalue weighted by atomic mass is 16.4. The van der Waals surface area contributed by atoms with Gasteiger partial charge in [-0.05, 0) is 19.3 Å². The fourth-order valence-electron chi connectivity index (χ4n) is 3.77. The highest BCUT2D eigenvalue weighted by Crippen LogP contribution is 2.14. The first-order valence-electron chi connectivity index (χ1n) is 17.0. The minimum Gasteiger partial charge on any atom is -0.481 e. The molecule has 16 heteroatoms. The van der Waals surface area contributed by atoms with E-state index < -0.39 is 73.9 Å². The Morgan fingerprint density at radius 2 is 0.612 bits per heavy atom. The normalized spacial score (nSPS) is 11.7. The number of rotatable bonds is 28. The molecule has 49 heavy (non-hydrogen) atoms. The molecule has 0 aromatic rings. The fraction of sp³-hybridized carbons (Fsp3) is 0.848. The Bertz CT molecular complexity index is 765. The van der Waals surface area contributed by atoms with Gasteiger partial charge in [-0.2, -0.15) is 0 Å². The Kier molecular flexibility index (Phi) is 40.9. The van der Waals surface area contributed by atoms with Gasteiger partial charge in [0.15, 0.2) is 12.2 Å². The van der Waals surface area contributed by atoms with Crippen molar-refractivity contribution in [3.63, 3.8) is 0 Å². The summed E-state index contributed by atoms with van der Waals surface area (Å²) in [5.74, 6) is -5.93. The van der Waals surface area contributed by atoms with Gasteiger partial charge in [-0.15, -0.1) is 0 Å². The highest BCUT2D eigenvalue weighted by molar-refractivity contribution is 5.83. The molecule has 11 N–H and O–H groups in total. The van der Waals surface area contributed by atoms with Gasteiger partial charge < -0.3 is 56.2 Å². The SMILES string of the molecule is CCCCCCCCCCCCCCCCCC(=O)O.O=C(O)C(O)C(O)C(=O)O.O=C(O)CCCCC(=O)O.OCC(CO)(CO)CO. The van der Waals surface area contributed by atoms with Gasteiger partial charge in [-0.3, -0.25) is 14.4 Å². The lowest BCUT2D eigenvalue weighted by molar-refractivity contribution is -0.165. The number of hydrogen-bond acceptors (Lipinski definition) is 11. The second-order valence-corrected chi connectivity index (χ2v) is 11.8. The number of aliphatic hydroxyl groups excluding tert-OH is 6. The second kappa shape index (κ2) is 37.9. The largest absolute Gasteiger partial charge is 0.481 e. The minimum atomic E-state index is -2.27. The molecule has 0 aromatic carbocycles. The van der Waals surface area contributed by atoms with E-state index in [4.69, 9.17) is 56.2 Å². The molecule has 0 aliphatic heterocycles. The van der Waals surface area contributed by atoms with E-state index >= 15 is 0 Å². The predicted molar refractivity (Wildman–Crippen MR) is 179 cm³/mol. The standard InChI is InChI=1S/C18H36O2.C6H10O4.C5H12O4.C4H6O6/c1-2-3-4-5-6-7-8-9-10-11-12-13-14-15-16-17-18(19)20;7-5(8)3-1-2-4-6(9)10;6-1-5(2-7,3-8)4-9;5-1(3(7)8)2(6)4(9)10/h2-17H2,1H3,(H,19,20);1-4H2,(H,7,8)(H,9,10);6-9H,1-4H2;1-2,5-6H,(H,7,8)(H,9,10). The summed E-state index contributed by atoms with van der Waals surface area (Å²) in [5.41, 5.74) is -1.11. The first-order valence-corrected chi connectivity index (χ1v) is 17.0. The number of carboxylic acid groups (broad SMARTS) is 5. The summed E-state index contributed by atoms with van der Waals surface area (Å²) >= 11 is 0. The monoisotopic (exact) mass is 716 g/mol. The molecule has 0 saturated carbocycles. The summed E-state index contributed by atoms with van der Waals surface area (Å²) in [4.78, 5) is 49.7. The van der Waals surface area contributed by atoms with Crippen LogP contribution < -0.4 is 0 Å². The molecule has 2 atom stereocenters. The molecule has 0 heterocycles. The number of aliphatic carboxylic acids is 5. The lowest BCUT2D eigenvalue weighted by Gasteiger charge is -2.23. The Hall–Kier alpha value is -2.89. The van der Waals surface area contributed by atoms with Gasteiger partial charge in [0, 0.05) is 19.3 Å². The van der Waals surface area contributed by atoms with Crippen LogP contribution in [0.1, 0.15) is 135 Å². The van der Waals surface area contributed by atoms with Crippen LogP contribution >= 0.6 is 0 Å². The van der Waals surface area contributed by atoms with Gasteiger partial charge in [-0.1, -0.05) is 96.8 Å². The van der Waals surface area contributed by atoms with Crippen molar-refractivity contribution in [3.8, 4) is 0 Å². The maximum absolute atomic E-state index is 10.3. The zero-order valence-electron chi connectivity index (χ0n) is 29.1. The molecule has 0 saturated heterocycles. The van der Waals surface area contributed by atoms with Crippen molar-refractivity contribution in [2.75, 3.05) is 26.4 Å². The summed E-state index contributed by atoms with van der Waals surface area (Å²) in [6.07, 6.45) is 16.7. The van der Waals surface area contributed by atoms with Crippen molar-refractivity contribution in [3.05, 3.63) is 0 Å².